The zero-order valence-electron chi connectivity index (χ0n) is 9.65. The van der Waals surface area contributed by atoms with Gasteiger partial charge in [-0.25, -0.2) is 0 Å². The molecule has 3 heteroatoms. The van der Waals surface area contributed by atoms with E-state index in [-0.39, 0.29) is 23.9 Å². The van der Waals surface area contributed by atoms with Gasteiger partial charge in [0.25, 0.3) is 0 Å². The van der Waals surface area contributed by atoms with Crippen LogP contribution in [-0.2, 0) is 5.41 Å². The Morgan fingerprint density at radius 2 is 1.75 bits per heavy atom. The molecule has 0 aliphatic carbocycles. The third kappa shape index (κ3) is 2.40. The second-order valence-corrected chi connectivity index (χ2v) is 4.45. The van der Waals surface area contributed by atoms with Crippen LogP contribution in [0.25, 0.3) is 0 Å². The molecule has 2 rings (SSSR count). The number of piperidine rings is 1. The second-order valence-electron chi connectivity index (χ2n) is 4.45. The van der Waals surface area contributed by atoms with Crippen LogP contribution in [0.2, 0.25) is 0 Å². The monoisotopic (exact) mass is 241 g/mol. The van der Waals surface area contributed by atoms with Crippen molar-refractivity contribution in [3.8, 4) is 0 Å². The zero-order valence-corrected chi connectivity index (χ0v) is 10.5. The van der Waals surface area contributed by atoms with Gasteiger partial charge in [0, 0.05) is 5.41 Å². The van der Waals surface area contributed by atoms with E-state index in [1.165, 1.54) is 5.56 Å². The number of rotatable bonds is 2. The summed E-state index contributed by atoms with van der Waals surface area (Å²) >= 11 is 0. The normalized spacial score (nSPS) is 20.9. The molecule has 0 saturated carbocycles. The van der Waals surface area contributed by atoms with Gasteiger partial charge in [0.15, 0.2) is 0 Å². The molecule has 0 aromatic heterocycles. The van der Waals surface area contributed by atoms with Gasteiger partial charge in [-0.15, -0.1) is 12.4 Å². The summed E-state index contributed by atoms with van der Waals surface area (Å²) in [4.78, 5) is 0. The summed E-state index contributed by atoms with van der Waals surface area (Å²) in [6, 6.07) is 10.4. The first-order valence-electron chi connectivity index (χ1n) is 5.70. The number of hydrogen-bond donors (Lipinski definition) is 2. The molecule has 0 radical (unpaired) electrons. The number of halogens is 1. The Balaban J connectivity index is 0.00000128. The average Bonchev–Trinajstić information content (AvgIpc) is 2.31. The lowest BCUT2D eigenvalue weighted by atomic mass is 9.69. The van der Waals surface area contributed by atoms with Gasteiger partial charge in [0.1, 0.15) is 0 Å². The van der Waals surface area contributed by atoms with E-state index < -0.39 is 0 Å². The van der Waals surface area contributed by atoms with Gasteiger partial charge >= 0.3 is 0 Å². The van der Waals surface area contributed by atoms with Gasteiger partial charge in [-0.05, 0) is 38.4 Å². The van der Waals surface area contributed by atoms with Crippen molar-refractivity contribution in [1.29, 1.82) is 0 Å². The van der Waals surface area contributed by atoms with Crippen molar-refractivity contribution < 1.29 is 5.11 Å². The standard InChI is InChI=1S/C13H19NO.ClH/c1-11(15)13(7-9-14-10-8-13)12-5-3-2-4-6-12;/h2-6,11,14-15H,7-10H2,1H3;1H. The number of aliphatic hydroxyl groups excluding tert-OH is 1. The van der Waals surface area contributed by atoms with E-state index in [0.717, 1.165) is 25.9 Å². The van der Waals surface area contributed by atoms with E-state index in [4.69, 9.17) is 0 Å². The topological polar surface area (TPSA) is 32.3 Å². The van der Waals surface area contributed by atoms with E-state index in [1.807, 2.05) is 13.0 Å². The van der Waals surface area contributed by atoms with Crippen LogP contribution in [0.15, 0.2) is 30.3 Å². The van der Waals surface area contributed by atoms with E-state index in [1.54, 1.807) is 0 Å². The van der Waals surface area contributed by atoms with Gasteiger partial charge in [-0.3, -0.25) is 0 Å². The molecule has 1 heterocycles. The van der Waals surface area contributed by atoms with Crippen LogP contribution in [0.4, 0.5) is 0 Å². The smallest absolute Gasteiger partial charge is 0.0609 e. The van der Waals surface area contributed by atoms with Crippen molar-refractivity contribution in [2.45, 2.75) is 31.3 Å². The SMILES string of the molecule is CC(O)C1(c2ccccc2)CCNCC1.Cl. The summed E-state index contributed by atoms with van der Waals surface area (Å²) in [6.07, 6.45) is 1.77. The first-order chi connectivity index (χ1) is 7.26. The quantitative estimate of drug-likeness (QED) is 0.831. The molecule has 90 valence electrons. The molecular weight excluding hydrogens is 222 g/mol. The summed E-state index contributed by atoms with van der Waals surface area (Å²) in [5.41, 5.74) is 1.24. The molecule has 1 aromatic rings. The van der Waals surface area contributed by atoms with Crippen LogP contribution in [-0.4, -0.2) is 24.3 Å². The van der Waals surface area contributed by atoms with Crippen LogP contribution in [0.1, 0.15) is 25.3 Å². The molecular formula is C13H20ClNO. The molecule has 16 heavy (non-hydrogen) atoms. The highest BCUT2D eigenvalue weighted by molar-refractivity contribution is 5.85. The van der Waals surface area contributed by atoms with Crippen LogP contribution < -0.4 is 5.32 Å². The molecule has 1 aliphatic heterocycles. The molecule has 2 nitrogen and oxygen atoms in total. The predicted octanol–water partition coefficient (Wildman–Crippen LogP) is 2.11. The third-order valence-corrected chi connectivity index (χ3v) is 3.64. The minimum Gasteiger partial charge on any atom is -0.392 e. The summed E-state index contributed by atoms with van der Waals surface area (Å²) in [5.74, 6) is 0. The summed E-state index contributed by atoms with van der Waals surface area (Å²) in [6.45, 7) is 3.91. The highest BCUT2D eigenvalue weighted by Crippen LogP contribution is 2.36. The Hall–Kier alpha value is -0.570. The van der Waals surface area contributed by atoms with E-state index in [9.17, 15) is 5.11 Å². The van der Waals surface area contributed by atoms with Crippen molar-refractivity contribution >= 4 is 12.4 Å². The maximum Gasteiger partial charge on any atom is 0.0609 e. The molecule has 1 saturated heterocycles. The van der Waals surface area contributed by atoms with Crippen LogP contribution in [0, 0.1) is 0 Å². The molecule has 1 unspecified atom stereocenters. The minimum absolute atomic E-state index is 0. The summed E-state index contributed by atoms with van der Waals surface area (Å²) in [5, 5.41) is 13.4. The lowest BCUT2D eigenvalue weighted by molar-refractivity contribution is 0.0732. The number of benzene rings is 1. The van der Waals surface area contributed by atoms with Crippen molar-refractivity contribution in [2.24, 2.45) is 0 Å². The Labute approximate surface area is 103 Å². The Morgan fingerprint density at radius 3 is 2.25 bits per heavy atom. The van der Waals surface area contributed by atoms with Crippen molar-refractivity contribution in [3.63, 3.8) is 0 Å². The summed E-state index contributed by atoms with van der Waals surface area (Å²) < 4.78 is 0. The second kappa shape index (κ2) is 5.67. The maximum absolute atomic E-state index is 10.1. The van der Waals surface area contributed by atoms with Gasteiger partial charge in [-0.1, -0.05) is 30.3 Å². The van der Waals surface area contributed by atoms with Crippen molar-refractivity contribution in [3.05, 3.63) is 35.9 Å². The Kier molecular flexibility index (Phi) is 4.78. The lowest BCUT2D eigenvalue weighted by Crippen LogP contribution is -2.46. The first kappa shape index (κ1) is 13.5. The Bertz CT molecular complexity index is 307. The Morgan fingerprint density at radius 1 is 1.19 bits per heavy atom. The number of nitrogens with one attached hydrogen (secondary N) is 1. The van der Waals surface area contributed by atoms with Crippen LogP contribution >= 0.6 is 12.4 Å². The average molecular weight is 242 g/mol. The summed E-state index contributed by atoms with van der Waals surface area (Å²) in [7, 11) is 0. The molecule has 1 aromatic carbocycles. The van der Waals surface area contributed by atoms with Gasteiger partial charge in [-0.2, -0.15) is 0 Å². The molecule has 1 atom stereocenters. The van der Waals surface area contributed by atoms with Crippen molar-refractivity contribution in [2.75, 3.05) is 13.1 Å². The third-order valence-electron chi connectivity index (χ3n) is 3.64. The van der Waals surface area contributed by atoms with E-state index >= 15 is 0 Å². The van der Waals surface area contributed by atoms with Gasteiger partial charge < -0.3 is 10.4 Å². The first-order valence-corrected chi connectivity index (χ1v) is 5.70. The molecule has 1 fully saturated rings. The fraction of sp³-hybridized carbons (Fsp3) is 0.538. The fourth-order valence-electron chi connectivity index (χ4n) is 2.59. The molecule has 0 bridgehead atoms. The molecule has 0 amide bonds. The molecule has 0 spiro atoms. The van der Waals surface area contributed by atoms with E-state index in [0.29, 0.717) is 0 Å². The highest BCUT2D eigenvalue weighted by Gasteiger charge is 2.37. The molecule has 1 aliphatic rings. The highest BCUT2D eigenvalue weighted by atomic mass is 35.5. The predicted molar refractivity (Wildman–Crippen MR) is 69.2 cm³/mol. The van der Waals surface area contributed by atoms with Gasteiger partial charge in [0.05, 0.1) is 6.10 Å². The van der Waals surface area contributed by atoms with Crippen molar-refractivity contribution in [1.82, 2.24) is 5.32 Å². The number of aliphatic hydroxyl groups is 1. The van der Waals surface area contributed by atoms with Gasteiger partial charge in [0.2, 0.25) is 0 Å². The largest absolute Gasteiger partial charge is 0.392 e. The van der Waals surface area contributed by atoms with E-state index in [2.05, 4.69) is 29.6 Å². The van der Waals surface area contributed by atoms with Crippen LogP contribution in [0.5, 0.6) is 0 Å². The van der Waals surface area contributed by atoms with Crippen LogP contribution in [0.3, 0.4) is 0 Å². The molecule has 2 N–H and O–H groups in total. The minimum atomic E-state index is -0.276. The maximum atomic E-state index is 10.1. The fourth-order valence-corrected chi connectivity index (χ4v) is 2.59. The number of hydrogen-bond acceptors (Lipinski definition) is 2. The lowest BCUT2D eigenvalue weighted by Gasteiger charge is -2.40. The zero-order chi connectivity index (χ0) is 10.7.